The molecular formula is C48H57N3O5. The molecule has 2 aliphatic heterocycles. The molecule has 1 N–H and O–H groups in total. The molecule has 0 aromatic heterocycles. The zero-order valence-electron chi connectivity index (χ0n) is 33.2. The Hall–Kier alpha value is -4.98. The second-order valence-corrected chi connectivity index (χ2v) is 16.0. The molecule has 8 nitrogen and oxygen atoms in total. The van der Waals surface area contributed by atoms with Crippen LogP contribution in [-0.2, 0) is 6.42 Å². The number of nitrogens with one attached hydrogen (secondary N) is 1. The van der Waals surface area contributed by atoms with E-state index in [0.717, 1.165) is 31.8 Å². The Balaban J connectivity index is 0.955. The highest BCUT2D eigenvalue weighted by atomic mass is 16.5. The number of carbonyl (C=O) groups excluding carboxylic acids is 2. The molecule has 0 spiro atoms. The molecule has 294 valence electrons. The summed E-state index contributed by atoms with van der Waals surface area (Å²) in [6.07, 6.45) is 20.0. The van der Waals surface area contributed by atoms with E-state index in [1.165, 1.54) is 119 Å². The number of aryl methyl sites for hydroxylation is 1. The van der Waals surface area contributed by atoms with Crippen LogP contribution in [0.2, 0.25) is 0 Å². The van der Waals surface area contributed by atoms with E-state index in [0.29, 0.717) is 45.5 Å². The number of carbonyl (C=O) groups is 2. The summed E-state index contributed by atoms with van der Waals surface area (Å²) in [6.45, 7) is 6.58. The standard InChI is InChI=1S/C48H57N3O5/c1-3-5-6-7-8-9-10-11-27-51-28-12-14-37-29-41-45(31-43(37)51)56-46-32-44(52)40(30-42(46)50-41)47(53)49-38-23-19-36(20-24-38)48(54)55-39-25-21-35(22-26-39)34-17-15-33(13-4-2)16-18-34/h19-26,29-34H,3-18,27-28H2,1-2H3,(H,49,53). The summed E-state index contributed by atoms with van der Waals surface area (Å²) >= 11 is 0. The third kappa shape index (κ3) is 9.69. The molecule has 3 aromatic rings. The second kappa shape index (κ2) is 18.8. The lowest BCUT2D eigenvalue weighted by Gasteiger charge is -2.31. The number of anilines is 2. The molecule has 1 fully saturated rings. The normalized spacial score (nSPS) is 16.9. The van der Waals surface area contributed by atoms with Crippen LogP contribution < -0.4 is 20.4 Å². The molecule has 56 heavy (non-hydrogen) atoms. The van der Waals surface area contributed by atoms with Gasteiger partial charge in [0, 0.05) is 36.6 Å². The Labute approximate surface area is 331 Å². The minimum absolute atomic E-state index is 0.0324. The third-order valence-electron chi connectivity index (χ3n) is 11.9. The fourth-order valence-corrected chi connectivity index (χ4v) is 8.71. The van der Waals surface area contributed by atoms with E-state index >= 15 is 0 Å². The molecule has 8 heteroatoms. The number of benzene rings is 4. The summed E-state index contributed by atoms with van der Waals surface area (Å²) in [5.74, 6) is 1.23. The fraction of sp³-hybridized carbons (Fsp3) is 0.458. The van der Waals surface area contributed by atoms with E-state index in [1.807, 2.05) is 12.1 Å². The van der Waals surface area contributed by atoms with E-state index < -0.39 is 17.3 Å². The van der Waals surface area contributed by atoms with Crippen LogP contribution in [0.25, 0.3) is 22.6 Å². The molecule has 0 radical (unpaired) electrons. The Morgan fingerprint density at radius 3 is 2.30 bits per heavy atom. The van der Waals surface area contributed by atoms with Crippen LogP contribution in [0.3, 0.4) is 0 Å². The molecule has 0 bridgehead atoms. The van der Waals surface area contributed by atoms with Crippen molar-refractivity contribution < 1.29 is 18.7 Å². The molecule has 1 amide bonds. The van der Waals surface area contributed by atoms with Gasteiger partial charge in [0.05, 0.1) is 11.1 Å². The molecule has 2 aliphatic carbocycles. The summed E-state index contributed by atoms with van der Waals surface area (Å²) < 4.78 is 11.9. The van der Waals surface area contributed by atoms with Crippen LogP contribution in [0.15, 0.2) is 82.0 Å². The van der Waals surface area contributed by atoms with Crippen molar-refractivity contribution in [2.24, 2.45) is 5.92 Å². The first-order valence-electron chi connectivity index (χ1n) is 21.3. The molecule has 1 saturated carbocycles. The van der Waals surface area contributed by atoms with E-state index in [9.17, 15) is 14.4 Å². The molecule has 7 rings (SSSR count). The van der Waals surface area contributed by atoms with E-state index in [2.05, 4.69) is 48.3 Å². The molecule has 2 heterocycles. The van der Waals surface area contributed by atoms with Gasteiger partial charge in [-0.2, -0.15) is 0 Å². The van der Waals surface area contributed by atoms with Gasteiger partial charge in [0.2, 0.25) is 0 Å². The van der Waals surface area contributed by atoms with Crippen molar-refractivity contribution in [2.45, 2.75) is 122 Å². The number of aromatic nitrogens is 1. The zero-order valence-corrected chi connectivity index (χ0v) is 33.2. The average Bonchev–Trinajstić information content (AvgIpc) is 3.21. The van der Waals surface area contributed by atoms with Crippen molar-refractivity contribution in [3.8, 4) is 17.2 Å². The van der Waals surface area contributed by atoms with Gasteiger partial charge in [-0.3, -0.25) is 9.59 Å². The van der Waals surface area contributed by atoms with Gasteiger partial charge >= 0.3 is 5.97 Å². The van der Waals surface area contributed by atoms with Crippen LogP contribution in [0, 0.1) is 5.92 Å². The highest BCUT2D eigenvalue weighted by molar-refractivity contribution is 6.05. The van der Waals surface area contributed by atoms with Crippen molar-refractivity contribution in [1.29, 1.82) is 0 Å². The summed E-state index contributed by atoms with van der Waals surface area (Å²) in [5.41, 5.74) is 5.85. The highest BCUT2D eigenvalue weighted by Gasteiger charge is 2.24. The molecule has 0 atom stereocenters. The largest absolute Gasteiger partial charge is 0.453 e. The number of rotatable bonds is 16. The van der Waals surface area contributed by atoms with Gasteiger partial charge in [-0.1, -0.05) is 83.8 Å². The highest BCUT2D eigenvalue weighted by Crippen LogP contribution is 2.38. The summed E-state index contributed by atoms with van der Waals surface area (Å²) in [4.78, 5) is 46.8. The predicted molar refractivity (Wildman–Crippen MR) is 225 cm³/mol. The number of esters is 1. The van der Waals surface area contributed by atoms with Crippen molar-refractivity contribution in [1.82, 2.24) is 4.98 Å². The number of hydrogen-bond acceptors (Lipinski definition) is 7. The molecular weight excluding hydrogens is 699 g/mol. The van der Waals surface area contributed by atoms with Crippen molar-refractivity contribution >= 4 is 34.4 Å². The SMILES string of the molecule is CCCCCCCCCCN1CCCc2cc3nc4cc(C(=O)Nc5ccc(C(=O)Oc6ccc(C7CCC(CCC)CC7)cc6)cc5)c(=O)cc-4oc3cc21. The maximum absolute atomic E-state index is 13.3. The molecule has 3 aromatic carbocycles. The van der Waals surface area contributed by atoms with E-state index in [4.69, 9.17) is 14.1 Å². The molecule has 4 aliphatic rings. The third-order valence-corrected chi connectivity index (χ3v) is 11.9. The number of nitrogens with zero attached hydrogens (tertiary/aromatic N) is 2. The van der Waals surface area contributed by atoms with Crippen LogP contribution >= 0.6 is 0 Å². The van der Waals surface area contributed by atoms with Gasteiger partial charge < -0.3 is 19.4 Å². The number of fused-ring (bicyclic) bond motifs is 3. The van der Waals surface area contributed by atoms with Gasteiger partial charge in [0.25, 0.3) is 5.91 Å². The van der Waals surface area contributed by atoms with Crippen molar-refractivity contribution in [3.63, 3.8) is 0 Å². The van der Waals surface area contributed by atoms with Crippen LogP contribution in [0.1, 0.15) is 148 Å². The topological polar surface area (TPSA) is 102 Å². The Kier molecular flexibility index (Phi) is 13.2. The smallest absolute Gasteiger partial charge is 0.343 e. The second-order valence-electron chi connectivity index (χ2n) is 16.0. The zero-order chi connectivity index (χ0) is 38.9. The summed E-state index contributed by atoms with van der Waals surface area (Å²) in [7, 11) is 0. The van der Waals surface area contributed by atoms with Gasteiger partial charge in [0.1, 0.15) is 17.0 Å². The number of ether oxygens (including phenoxy) is 1. The lowest BCUT2D eigenvalue weighted by Crippen LogP contribution is -2.30. The van der Waals surface area contributed by atoms with Crippen LogP contribution in [0.5, 0.6) is 5.75 Å². The van der Waals surface area contributed by atoms with Crippen LogP contribution in [-0.4, -0.2) is 29.9 Å². The minimum atomic E-state index is -0.560. The lowest BCUT2D eigenvalue weighted by atomic mass is 9.77. The summed E-state index contributed by atoms with van der Waals surface area (Å²) in [6, 6.07) is 21.4. The predicted octanol–water partition coefficient (Wildman–Crippen LogP) is 11.7. The Morgan fingerprint density at radius 1 is 0.839 bits per heavy atom. The first-order chi connectivity index (χ1) is 27.4. The Bertz CT molecular complexity index is 2110. The lowest BCUT2D eigenvalue weighted by molar-refractivity contribution is 0.0734. The van der Waals surface area contributed by atoms with Gasteiger partial charge in [-0.15, -0.1) is 0 Å². The van der Waals surface area contributed by atoms with Crippen molar-refractivity contribution in [3.05, 3.63) is 105 Å². The quantitative estimate of drug-likeness (QED) is 0.0463. The number of unbranched alkanes of at least 4 members (excludes halogenated alkanes) is 7. The maximum atomic E-state index is 13.3. The first-order valence-corrected chi connectivity index (χ1v) is 21.3. The summed E-state index contributed by atoms with van der Waals surface area (Å²) in [5, 5.41) is 2.79. The first kappa shape index (κ1) is 39.3. The van der Waals surface area contributed by atoms with E-state index in [-0.39, 0.29) is 5.56 Å². The molecule has 0 saturated heterocycles. The fourth-order valence-electron chi connectivity index (χ4n) is 8.71. The van der Waals surface area contributed by atoms with E-state index in [1.54, 1.807) is 24.3 Å². The van der Waals surface area contributed by atoms with Gasteiger partial charge in [-0.05, 0) is 116 Å². The van der Waals surface area contributed by atoms with Crippen molar-refractivity contribution in [2.75, 3.05) is 23.3 Å². The van der Waals surface area contributed by atoms with Gasteiger partial charge in [0.15, 0.2) is 16.8 Å². The Morgan fingerprint density at radius 2 is 1.57 bits per heavy atom. The average molecular weight is 756 g/mol. The van der Waals surface area contributed by atoms with Crippen LogP contribution in [0.4, 0.5) is 11.4 Å². The maximum Gasteiger partial charge on any atom is 0.343 e. The van der Waals surface area contributed by atoms with Gasteiger partial charge in [-0.25, -0.2) is 9.78 Å². The monoisotopic (exact) mass is 755 g/mol. The molecule has 0 unspecified atom stereocenters. The minimum Gasteiger partial charge on any atom is -0.453 e. The number of amides is 1. The number of hydrogen-bond donors (Lipinski definition) is 1.